The van der Waals surface area contributed by atoms with Gasteiger partial charge in [0.05, 0.1) is 11.7 Å². The average molecular weight is 452 g/mol. The number of thiophene rings is 1. The van der Waals surface area contributed by atoms with Gasteiger partial charge in [-0.3, -0.25) is 14.2 Å². The highest BCUT2D eigenvalue weighted by Crippen LogP contribution is 2.36. The number of nitrogens with zero attached hydrogens (tertiary/aromatic N) is 2. The molecule has 2 heterocycles. The van der Waals surface area contributed by atoms with Gasteiger partial charge in [-0.15, -0.1) is 11.3 Å². The third-order valence-electron chi connectivity index (χ3n) is 5.52. The highest BCUT2D eigenvalue weighted by Gasteiger charge is 2.22. The summed E-state index contributed by atoms with van der Waals surface area (Å²) in [5.74, 6) is -0.301. The second kappa shape index (κ2) is 8.29. The first-order valence-corrected chi connectivity index (χ1v) is 11.1. The fourth-order valence-corrected chi connectivity index (χ4v) is 4.67. The van der Waals surface area contributed by atoms with Crippen molar-refractivity contribution in [3.63, 3.8) is 0 Å². The summed E-state index contributed by atoms with van der Waals surface area (Å²) in [4.78, 5) is 32.5. The number of carbonyl (C=O) groups excluding carboxylic acids is 1. The van der Waals surface area contributed by atoms with Crippen molar-refractivity contribution in [1.82, 2.24) is 9.55 Å². The van der Waals surface area contributed by atoms with Gasteiger partial charge in [0.2, 0.25) is 5.91 Å². The molecule has 1 unspecified atom stereocenters. The summed E-state index contributed by atoms with van der Waals surface area (Å²) >= 11 is 7.40. The fraction of sp³-hybridized carbons (Fsp3) is 0.208. The van der Waals surface area contributed by atoms with E-state index < -0.39 is 6.04 Å². The molecule has 158 valence electrons. The van der Waals surface area contributed by atoms with E-state index in [4.69, 9.17) is 11.6 Å². The summed E-state index contributed by atoms with van der Waals surface area (Å²) < 4.78 is 1.39. The second-order valence-electron chi connectivity index (χ2n) is 7.64. The molecule has 0 bridgehead atoms. The molecule has 7 heteroatoms. The van der Waals surface area contributed by atoms with E-state index in [0.717, 1.165) is 21.6 Å². The van der Waals surface area contributed by atoms with E-state index in [1.54, 1.807) is 31.2 Å². The molecular formula is C24H22ClN3O2S. The maximum atomic E-state index is 13.5. The molecular weight excluding hydrogens is 430 g/mol. The molecule has 2 aromatic heterocycles. The minimum absolute atomic E-state index is 0.221. The van der Waals surface area contributed by atoms with Crippen molar-refractivity contribution in [3.8, 4) is 11.1 Å². The molecule has 1 atom stereocenters. The number of hydrogen-bond donors (Lipinski definition) is 1. The first kappa shape index (κ1) is 21.3. The Morgan fingerprint density at radius 1 is 1.10 bits per heavy atom. The molecule has 0 saturated heterocycles. The normalized spacial score (nSPS) is 12.2. The van der Waals surface area contributed by atoms with Crippen LogP contribution in [0.15, 0.2) is 53.6 Å². The van der Waals surface area contributed by atoms with E-state index in [0.29, 0.717) is 20.9 Å². The molecule has 0 aliphatic carbocycles. The lowest BCUT2D eigenvalue weighted by atomic mass is 9.99. The number of hydrogen-bond acceptors (Lipinski definition) is 4. The number of fused-ring (bicyclic) bond motifs is 1. The van der Waals surface area contributed by atoms with Crippen LogP contribution in [0.1, 0.15) is 29.0 Å². The lowest BCUT2D eigenvalue weighted by Gasteiger charge is -2.15. The Balaban J connectivity index is 1.76. The Labute approximate surface area is 189 Å². The fourth-order valence-electron chi connectivity index (χ4n) is 3.54. The molecule has 0 fully saturated rings. The topological polar surface area (TPSA) is 64.0 Å². The monoisotopic (exact) mass is 451 g/mol. The molecule has 4 rings (SSSR count). The molecule has 0 saturated carbocycles. The smallest absolute Gasteiger partial charge is 0.263 e. The van der Waals surface area contributed by atoms with Crippen LogP contribution in [0.2, 0.25) is 5.02 Å². The van der Waals surface area contributed by atoms with Crippen molar-refractivity contribution in [2.75, 3.05) is 5.32 Å². The predicted octanol–water partition coefficient (Wildman–Crippen LogP) is 5.90. The molecule has 0 aliphatic rings. The minimum atomic E-state index is -0.729. The number of nitrogens with one attached hydrogen (secondary N) is 1. The Morgan fingerprint density at radius 2 is 1.81 bits per heavy atom. The minimum Gasteiger partial charge on any atom is -0.324 e. The predicted molar refractivity (Wildman–Crippen MR) is 128 cm³/mol. The third-order valence-corrected chi connectivity index (χ3v) is 6.78. The lowest BCUT2D eigenvalue weighted by molar-refractivity contribution is -0.118. The van der Waals surface area contributed by atoms with E-state index >= 15 is 0 Å². The Bertz CT molecular complexity index is 1360. The van der Waals surface area contributed by atoms with Crippen LogP contribution in [0.3, 0.4) is 0 Å². The lowest BCUT2D eigenvalue weighted by Crippen LogP contribution is -2.31. The van der Waals surface area contributed by atoms with Crippen LogP contribution in [0.25, 0.3) is 21.3 Å². The van der Waals surface area contributed by atoms with Crippen molar-refractivity contribution < 1.29 is 4.79 Å². The van der Waals surface area contributed by atoms with Gasteiger partial charge in [0.15, 0.2) is 0 Å². The summed E-state index contributed by atoms with van der Waals surface area (Å²) in [6.45, 7) is 7.81. The highest BCUT2D eigenvalue weighted by molar-refractivity contribution is 7.19. The first-order valence-electron chi connectivity index (χ1n) is 9.90. The van der Waals surface area contributed by atoms with Crippen molar-refractivity contribution in [2.24, 2.45) is 0 Å². The van der Waals surface area contributed by atoms with Crippen LogP contribution in [0, 0.1) is 20.8 Å². The van der Waals surface area contributed by atoms with Crippen LogP contribution in [0.5, 0.6) is 0 Å². The molecule has 0 radical (unpaired) electrons. The molecule has 0 spiro atoms. The largest absolute Gasteiger partial charge is 0.324 e. The van der Waals surface area contributed by atoms with Gasteiger partial charge in [0.25, 0.3) is 5.56 Å². The number of halogens is 1. The number of aromatic nitrogens is 2. The molecule has 31 heavy (non-hydrogen) atoms. The molecule has 1 amide bonds. The van der Waals surface area contributed by atoms with Gasteiger partial charge < -0.3 is 5.32 Å². The van der Waals surface area contributed by atoms with Crippen LogP contribution >= 0.6 is 22.9 Å². The van der Waals surface area contributed by atoms with Gasteiger partial charge in [-0.2, -0.15) is 0 Å². The average Bonchev–Trinajstić information content (AvgIpc) is 3.08. The zero-order valence-corrected chi connectivity index (χ0v) is 19.3. The van der Waals surface area contributed by atoms with Gasteiger partial charge >= 0.3 is 0 Å². The number of carbonyl (C=O) groups is 1. The highest BCUT2D eigenvalue weighted by atomic mass is 35.5. The second-order valence-corrected chi connectivity index (χ2v) is 9.28. The molecule has 5 nitrogen and oxygen atoms in total. The zero-order valence-electron chi connectivity index (χ0n) is 17.7. The summed E-state index contributed by atoms with van der Waals surface area (Å²) in [5.41, 5.74) is 4.63. The van der Waals surface area contributed by atoms with Crippen molar-refractivity contribution in [2.45, 2.75) is 33.7 Å². The summed E-state index contributed by atoms with van der Waals surface area (Å²) in [7, 11) is 0. The van der Waals surface area contributed by atoms with Crippen molar-refractivity contribution >= 4 is 44.7 Å². The number of amides is 1. The van der Waals surface area contributed by atoms with Crippen molar-refractivity contribution in [1.29, 1.82) is 0 Å². The Hall–Kier alpha value is -2.96. The summed E-state index contributed by atoms with van der Waals surface area (Å²) in [6.07, 6.45) is 1.46. The maximum Gasteiger partial charge on any atom is 0.263 e. The number of anilines is 1. The summed E-state index contributed by atoms with van der Waals surface area (Å²) in [5, 5.41) is 3.97. The molecule has 0 aliphatic heterocycles. The number of rotatable bonds is 4. The van der Waals surface area contributed by atoms with Gasteiger partial charge in [-0.25, -0.2) is 4.98 Å². The van der Waals surface area contributed by atoms with Crippen LogP contribution in [-0.4, -0.2) is 15.5 Å². The van der Waals surface area contributed by atoms with Crippen LogP contribution in [0.4, 0.5) is 5.69 Å². The standard InChI is InChI=1S/C24H22ClN3O2S/c1-13-5-6-17(11-14(13)2)20-16(4)31-23-21(20)24(30)28(12-26-23)15(3)22(29)27-19-9-7-18(25)8-10-19/h5-12,15H,1-4H3,(H,27,29). The molecule has 2 aromatic carbocycles. The Morgan fingerprint density at radius 3 is 2.48 bits per heavy atom. The van der Waals surface area contributed by atoms with Gasteiger partial charge in [0, 0.05) is 21.2 Å². The number of aryl methyl sites for hydroxylation is 3. The van der Waals surface area contributed by atoms with Gasteiger partial charge in [0.1, 0.15) is 10.9 Å². The zero-order chi connectivity index (χ0) is 22.3. The molecule has 1 N–H and O–H groups in total. The molecule has 4 aromatic rings. The van der Waals surface area contributed by atoms with E-state index in [1.165, 1.54) is 27.8 Å². The van der Waals surface area contributed by atoms with E-state index in [2.05, 4.69) is 36.3 Å². The van der Waals surface area contributed by atoms with E-state index in [1.807, 2.05) is 13.0 Å². The van der Waals surface area contributed by atoms with Crippen LogP contribution < -0.4 is 10.9 Å². The maximum absolute atomic E-state index is 13.5. The Kier molecular flexibility index (Phi) is 5.69. The van der Waals surface area contributed by atoms with E-state index in [-0.39, 0.29) is 11.5 Å². The van der Waals surface area contributed by atoms with Crippen LogP contribution in [-0.2, 0) is 4.79 Å². The van der Waals surface area contributed by atoms with Crippen molar-refractivity contribution in [3.05, 3.63) is 80.2 Å². The summed E-state index contributed by atoms with van der Waals surface area (Å²) in [6, 6.07) is 12.3. The number of benzene rings is 2. The van der Waals surface area contributed by atoms with Gasteiger partial charge in [-0.1, -0.05) is 29.8 Å². The third kappa shape index (κ3) is 4.01. The first-order chi connectivity index (χ1) is 14.8. The van der Waals surface area contributed by atoms with Gasteiger partial charge in [-0.05, 0) is 68.7 Å². The van der Waals surface area contributed by atoms with E-state index in [9.17, 15) is 9.59 Å². The SMILES string of the molecule is Cc1ccc(-c2c(C)sc3ncn(C(C)C(=O)Nc4ccc(Cl)cc4)c(=O)c23)cc1C. The quantitative estimate of drug-likeness (QED) is 0.420.